The quantitative estimate of drug-likeness (QED) is 0.450. The first-order valence-electron chi connectivity index (χ1n) is 7.85. The molecule has 0 spiro atoms. The van der Waals surface area contributed by atoms with Crippen LogP contribution in [0.25, 0.3) is 0 Å². The van der Waals surface area contributed by atoms with E-state index in [1.807, 2.05) is 21.7 Å². The predicted molar refractivity (Wildman–Crippen MR) is 99.4 cm³/mol. The van der Waals surface area contributed by atoms with Crippen LogP contribution in [0.3, 0.4) is 0 Å². The fourth-order valence-corrected chi connectivity index (χ4v) is 5.26. The second-order valence-corrected chi connectivity index (χ2v) is 10.6. The highest BCUT2D eigenvalue weighted by molar-refractivity contribution is 8.07. The van der Waals surface area contributed by atoms with Gasteiger partial charge in [-0.25, -0.2) is 0 Å². The van der Waals surface area contributed by atoms with Crippen molar-refractivity contribution in [3.8, 4) is 0 Å². The molecule has 1 fully saturated rings. The van der Waals surface area contributed by atoms with Crippen molar-refractivity contribution in [2.45, 2.75) is 50.8 Å². The van der Waals surface area contributed by atoms with E-state index >= 15 is 0 Å². The summed E-state index contributed by atoms with van der Waals surface area (Å²) in [4.78, 5) is 19.9. The van der Waals surface area contributed by atoms with Gasteiger partial charge in [-0.3, -0.25) is 4.57 Å². The summed E-state index contributed by atoms with van der Waals surface area (Å²) in [6, 6.07) is 0. The Morgan fingerprint density at radius 1 is 1.38 bits per heavy atom. The zero-order valence-corrected chi connectivity index (χ0v) is 17.3. The van der Waals surface area contributed by atoms with Crippen LogP contribution in [-0.4, -0.2) is 50.2 Å². The van der Waals surface area contributed by atoms with E-state index in [0.717, 1.165) is 5.82 Å². The summed E-state index contributed by atoms with van der Waals surface area (Å²) < 4.78 is 32.8. The highest BCUT2D eigenvalue weighted by atomic mass is 32.5. The first-order valence-corrected chi connectivity index (χ1v) is 12.1. The molecule has 0 saturated heterocycles. The van der Waals surface area contributed by atoms with Gasteiger partial charge >= 0.3 is 14.3 Å². The maximum Gasteiger partial charge on any atom is 0.351 e. The van der Waals surface area contributed by atoms with E-state index in [9.17, 15) is 14.4 Å². The largest absolute Gasteiger partial charge is 0.379 e. The second kappa shape index (κ2) is 9.40. The number of ether oxygens (including phenoxy) is 1. The van der Waals surface area contributed by atoms with Crippen molar-refractivity contribution in [1.29, 1.82) is 0 Å². The van der Waals surface area contributed by atoms with Gasteiger partial charge in [-0.1, -0.05) is 13.0 Å². The average molecular weight is 400 g/mol. The Bertz CT molecular complexity index is 532. The van der Waals surface area contributed by atoms with E-state index in [1.165, 1.54) is 7.11 Å². The minimum Gasteiger partial charge on any atom is -0.379 e. The molecule has 1 aliphatic rings. The van der Waals surface area contributed by atoms with Gasteiger partial charge in [-0.2, -0.15) is 0 Å². The van der Waals surface area contributed by atoms with Crippen LogP contribution in [0.15, 0.2) is 11.9 Å². The van der Waals surface area contributed by atoms with Gasteiger partial charge in [-0.05, 0) is 37.4 Å². The normalized spacial score (nSPS) is 34.1. The third-order valence-corrected chi connectivity index (χ3v) is 6.87. The van der Waals surface area contributed by atoms with Gasteiger partial charge in [0.1, 0.15) is 7.85 Å². The first-order chi connectivity index (χ1) is 11.0. The minimum atomic E-state index is -3.77. The molecule has 0 amide bonds. The Kier molecular flexibility index (Phi) is 8.81. The van der Waals surface area contributed by atoms with Gasteiger partial charge in [0.15, 0.2) is 0 Å². The van der Waals surface area contributed by atoms with Gasteiger partial charge < -0.3 is 28.1 Å². The zero-order chi connectivity index (χ0) is 18.5. The molecule has 0 aromatic carbocycles. The molecule has 0 heterocycles. The molecular formula is C13H27BO7P2S. The summed E-state index contributed by atoms with van der Waals surface area (Å²) >= 11 is 5.11. The number of rotatable bonds is 9. The van der Waals surface area contributed by atoms with Crippen LogP contribution in [0.2, 0.25) is 5.82 Å². The summed E-state index contributed by atoms with van der Waals surface area (Å²) in [5, 5.41) is 0. The molecule has 0 aliphatic heterocycles. The molecule has 0 bridgehead atoms. The Hall–Kier alpha value is 0.445. The summed E-state index contributed by atoms with van der Waals surface area (Å²) in [7, 11) is 0.953. The Labute approximate surface area is 149 Å². The van der Waals surface area contributed by atoms with Gasteiger partial charge in [0.2, 0.25) is 0 Å². The fourth-order valence-electron chi connectivity index (χ4n) is 2.72. The summed E-state index contributed by atoms with van der Waals surface area (Å²) in [5.41, 5.74) is 0. The molecule has 1 aliphatic carbocycles. The molecule has 1 saturated carbocycles. The van der Waals surface area contributed by atoms with Gasteiger partial charge in [0.25, 0.3) is 0 Å². The molecular weight excluding hydrogens is 373 g/mol. The molecule has 1 rings (SSSR count). The highest BCUT2D eigenvalue weighted by Gasteiger charge is 2.44. The molecule has 11 heteroatoms. The monoisotopic (exact) mass is 400 g/mol. The van der Waals surface area contributed by atoms with Crippen molar-refractivity contribution in [2.75, 3.05) is 14.2 Å². The van der Waals surface area contributed by atoms with E-state index in [4.69, 9.17) is 25.6 Å². The van der Waals surface area contributed by atoms with Crippen molar-refractivity contribution in [3.05, 3.63) is 11.9 Å². The van der Waals surface area contributed by atoms with Gasteiger partial charge in [0, 0.05) is 26.0 Å². The maximum absolute atomic E-state index is 11.6. The second-order valence-electron chi connectivity index (χ2n) is 6.03. The molecule has 3 unspecified atom stereocenters. The van der Waals surface area contributed by atoms with Crippen LogP contribution < -0.4 is 0 Å². The molecule has 24 heavy (non-hydrogen) atoms. The molecule has 0 aromatic rings. The molecule has 2 N–H and O–H groups in total. The van der Waals surface area contributed by atoms with Crippen LogP contribution in [0.4, 0.5) is 0 Å². The van der Waals surface area contributed by atoms with E-state index in [2.05, 4.69) is 4.52 Å². The van der Waals surface area contributed by atoms with E-state index in [-0.39, 0.29) is 23.9 Å². The number of methoxy groups -OCH3 is 1. The van der Waals surface area contributed by atoms with E-state index in [0.29, 0.717) is 12.8 Å². The van der Waals surface area contributed by atoms with Gasteiger partial charge in [0.05, 0.1) is 18.3 Å². The number of hydrogen-bond acceptors (Lipinski definition) is 6. The molecule has 7 atom stereocenters. The average Bonchev–Trinajstić information content (AvgIpc) is 2.79. The zero-order valence-electron chi connectivity index (χ0n) is 14.7. The van der Waals surface area contributed by atoms with Crippen molar-refractivity contribution >= 4 is 34.0 Å². The van der Waals surface area contributed by atoms with Crippen molar-refractivity contribution < 1.29 is 32.7 Å². The summed E-state index contributed by atoms with van der Waals surface area (Å²) in [6.45, 7) is 0.287. The molecule has 140 valence electrons. The SMILES string of the molecule is B[C@@H]1C[C@H](/C=C/P(=O)(O)OC)[C@@H](OP(O)(=S)OC(C)CC)[C@H]1OC. The molecule has 0 radical (unpaired) electrons. The van der Waals surface area contributed by atoms with Crippen LogP contribution in [0.1, 0.15) is 26.7 Å². The summed E-state index contributed by atoms with van der Waals surface area (Å²) in [6.07, 6.45) is 1.86. The Morgan fingerprint density at radius 3 is 2.50 bits per heavy atom. The topological polar surface area (TPSA) is 94.5 Å². The van der Waals surface area contributed by atoms with Crippen LogP contribution in [0, 0.1) is 5.92 Å². The number of hydrogen-bond donors (Lipinski definition) is 2. The predicted octanol–water partition coefficient (Wildman–Crippen LogP) is 2.21. The fraction of sp³-hybridized carbons (Fsp3) is 0.846. The first kappa shape index (κ1) is 22.5. The lowest BCUT2D eigenvalue weighted by Crippen LogP contribution is -2.31. The smallest absolute Gasteiger partial charge is 0.351 e. The lowest BCUT2D eigenvalue weighted by atomic mass is 9.83. The lowest BCUT2D eigenvalue weighted by molar-refractivity contribution is -0.000352. The Morgan fingerprint density at radius 2 is 2.00 bits per heavy atom. The lowest BCUT2D eigenvalue weighted by Gasteiger charge is -2.29. The van der Waals surface area contributed by atoms with Crippen LogP contribution in [0.5, 0.6) is 0 Å². The standard InChI is InChI=1S/C13H27BO7P2S/c1-5-9(2)20-23(17,24)21-12-10(6-7-22(15,16)19-4)8-11(14)13(12)18-3/h6-7,9-13H,5,8,14H2,1-4H3,(H,15,16)(H,17,24)/b7-6+/t9?,10-,11+,12+,13-,23?/m0/s1. The maximum atomic E-state index is 11.6. The Balaban J connectivity index is 2.95. The van der Waals surface area contributed by atoms with E-state index in [1.54, 1.807) is 13.2 Å². The van der Waals surface area contributed by atoms with Crippen LogP contribution >= 0.6 is 14.3 Å². The molecule has 0 aromatic heterocycles. The third-order valence-electron chi connectivity index (χ3n) is 4.15. The van der Waals surface area contributed by atoms with Crippen molar-refractivity contribution in [3.63, 3.8) is 0 Å². The highest BCUT2D eigenvalue weighted by Crippen LogP contribution is 2.53. The van der Waals surface area contributed by atoms with Gasteiger partial charge in [-0.15, -0.1) is 0 Å². The van der Waals surface area contributed by atoms with Crippen molar-refractivity contribution in [1.82, 2.24) is 0 Å². The summed E-state index contributed by atoms with van der Waals surface area (Å²) in [5.74, 6) is 1.03. The third kappa shape index (κ3) is 6.63. The minimum absolute atomic E-state index is 0.133. The van der Waals surface area contributed by atoms with Crippen LogP contribution in [-0.2, 0) is 34.7 Å². The molecule has 7 nitrogen and oxygen atoms in total. The van der Waals surface area contributed by atoms with Crippen molar-refractivity contribution in [2.24, 2.45) is 5.92 Å². The van der Waals surface area contributed by atoms with E-state index < -0.39 is 20.4 Å².